The van der Waals surface area contributed by atoms with Crippen LogP contribution in [0.4, 0.5) is 10.5 Å². The summed E-state index contributed by atoms with van der Waals surface area (Å²) in [4.78, 5) is 40.7. The molecule has 0 aliphatic carbocycles. The third-order valence-electron chi connectivity index (χ3n) is 4.88. The van der Waals surface area contributed by atoms with Gasteiger partial charge in [0.25, 0.3) is 0 Å². The van der Waals surface area contributed by atoms with Gasteiger partial charge in [0, 0.05) is 30.3 Å². The van der Waals surface area contributed by atoms with E-state index in [0.717, 1.165) is 5.69 Å². The number of aromatic nitrogens is 1. The first kappa shape index (κ1) is 17.1. The van der Waals surface area contributed by atoms with Gasteiger partial charge in [0.15, 0.2) is 11.4 Å². The Morgan fingerprint density at radius 1 is 1.07 bits per heavy atom. The van der Waals surface area contributed by atoms with Gasteiger partial charge in [-0.05, 0) is 43.2 Å². The van der Waals surface area contributed by atoms with E-state index in [1.54, 1.807) is 23.1 Å². The summed E-state index contributed by atoms with van der Waals surface area (Å²) in [5.41, 5.74) is 2.23. The minimum absolute atomic E-state index is 0.0175. The molecule has 1 aliphatic rings. The third-order valence-corrected chi connectivity index (χ3v) is 4.88. The lowest BCUT2D eigenvalue weighted by molar-refractivity contribution is 0.0859. The van der Waals surface area contributed by atoms with Crippen molar-refractivity contribution in [3.8, 4) is 0 Å². The predicted molar refractivity (Wildman–Crippen MR) is 101 cm³/mol. The molecule has 1 aliphatic heterocycles. The zero-order valence-electron chi connectivity index (χ0n) is 14.6. The summed E-state index contributed by atoms with van der Waals surface area (Å²) in [5, 5.41) is 2.87. The zero-order valence-corrected chi connectivity index (χ0v) is 14.6. The lowest BCUT2D eigenvalue weighted by Gasteiger charge is -2.31. The number of piperidine rings is 1. The number of urea groups is 1. The molecule has 0 bridgehead atoms. The van der Waals surface area contributed by atoms with E-state index >= 15 is 0 Å². The van der Waals surface area contributed by atoms with Gasteiger partial charge >= 0.3 is 11.8 Å². The fraction of sp³-hybridized carbons (Fsp3) is 0.250. The van der Waals surface area contributed by atoms with Crippen molar-refractivity contribution < 1.29 is 14.0 Å². The molecule has 1 aromatic heterocycles. The van der Waals surface area contributed by atoms with E-state index in [-0.39, 0.29) is 17.7 Å². The predicted octanol–water partition coefficient (Wildman–Crippen LogP) is 3.25. The van der Waals surface area contributed by atoms with Crippen LogP contribution in [0.3, 0.4) is 0 Å². The Morgan fingerprint density at radius 3 is 2.56 bits per heavy atom. The average Bonchev–Trinajstić information content (AvgIpc) is 3.07. The van der Waals surface area contributed by atoms with Crippen LogP contribution in [0.5, 0.6) is 0 Å². The number of carbonyl (C=O) groups excluding carboxylic acids is 2. The smallest absolute Gasteiger partial charge is 0.408 e. The van der Waals surface area contributed by atoms with Crippen LogP contribution in [0.25, 0.3) is 11.1 Å². The minimum Gasteiger partial charge on any atom is -0.408 e. The highest BCUT2D eigenvalue weighted by Crippen LogP contribution is 2.24. The number of oxazole rings is 1. The van der Waals surface area contributed by atoms with Crippen LogP contribution in [0.2, 0.25) is 0 Å². The minimum atomic E-state index is -0.535. The standard InChI is InChI=1S/C20H19N3O4/c24-18(14-6-7-16-17(12-14)27-20(26)22-16)13-8-10-23(11-9-13)19(25)21-15-4-2-1-3-5-15/h1-7,12-13H,8-11H2,(H,21,25)(H,22,26). The van der Waals surface area contributed by atoms with Crippen molar-refractivity contribution in [2.45, 2.75) is 12.8 Å². The van der Waals surface area contributed by atoms with Crippen LogP contribution in [-0.2, 0) is 0 Å². The first-order chi connectivity index (χ1) is 13.1. The van der Waals surface area contributed by atoms with Crippen LogP contribution < -0.4 is 11.1 Å². The van der Waals surface area contributed by atoms with E-state index in [0.29, 0.717) is 42.6 Å². The number of amides is 2. The first-order valence-corrected chi connectivity index (χ1v) is 8.88. The Bertz CT molecular complexity index is 1030. The van der Waals surface area contributed by atoms with Gasteiger partial charge in [0.05, 0.1) is 5.52 Å². The Labute approximate surface area is 155 Å². The van der Waals surface area contributed by atoms with Gasteiger partial charge in [-0.1, -0.05) is 18.2 Å². The van der Waals surface area contributed by atoms with Crippen molar-refractivity contribution in [2.75, 3.05) is 18.4 Å². The summed E-state index contributed by atoms with van der Waals surface area (Å²) in [6.07, 6.45) is 1.21. The molecule has 138 valence electrons. The number of benzene rings is 2. The zero-order chi connectivity index (χ0) is 18.8. The van der Waals surface area contributed by atoms with Crippen molar-refractivity contribution >= 4 is 28.6 Å². The number of nitrogens with one attached hydrogen (secondary N) is 2. The summed E-state index contributed by atoms with van der Waals surface area (Å²) in [7, 11) is 0. The largest absolute Gasteiger partial charge is 0.417 e. The molecule has 3 aromatic rings. The van der Waals surface area contributed by atoms with Gasteiger partial charge in [-0.3, -0.25) is 9.78 Å². The van der Waals surface area contributed by atoms with Crippen LogP contribution >= 0.6 is 0 Å². The maximum absolute atomic E-state index is 12.8. The number of likely N-dealkylation sites (tertiary alicyclic amines) is 1. The highest BCUT2D eigenvalue weighted by Gasteiger charge is 2.28. The molecule has 7 nitrogen and oxygen atoms in total. The van der Waals surface area contributed by atoms with Gasteiger partial charge in [0.2, 0.25) is 0 Å². The number of fused-ring (bicyclic) bond motifs is 1. The van der Waals surface area contributed by atoms with Crippen LogP contribution in [-0.4, -0.2) is 34.8 Å². The molecular weight excluding hydrogens is 346 g/mol. The molecule has 2 heterocycles. The van der Waals surface area contributed by atoms with E-state index < -0.39 is 5.76 Å². The van der Waals surface area contributed by atoms with Gasteiger partial charge in [0.1, 0.15) is 0 Å². The Kier molecular flexibility index (Phi) is 4.50. The summed E-state index contributed by atoms with van der Waals surface area (Å²) in [5.74, 6) is -0.662. The average molecular weight is 365 g/mol. The highest BCUT2D eigenvalue weighted by atomic mass is 16.4. The molecule has 2 amide bonds. The van der Waals surface area contributed by atoms with E-state index in [4.69, 9.17) is 4.42 Å². The summed E-state index contributed by atoms with van der Waals surface area (Å²) >= 11 is 0. The monoisotopic (exact) mass is 365 g/mol. The van der Waals surface area contributed by atoms with Crippen molar-refractivity contribution in [2.24, 2.45) is 5.92 Å². The number of anilines is 1. The molecule has 27 heavy (non-hydrogen) atoms. The number of rotatable bonds is 3. The van der Waals surface area contributed by atoms with Gasteiger partial charge in [-0.15, -0.1) is 0 Å². The molecule has 0 unspecified atom stereocenters. The molecule has 0 spiro atoms. The maximum atomic E-state index is 12.8. The second kappa shape index (κ2) is 7.11. The van der Waals surface area contributed by atoms with E-state index in [9.17, 15) is 14.4 Å². The molecule has 7 heteroatoms. The number of ketones is 1. The molecular formula is C20H19N3O4. The van der Waals surface area contributed by atoms with Crippen LogP contribution in [0, 0.1) is 5.92 Å². The quantitative estimate of drug-likeness (QED) is 0.697. The molecule has 0 radical (unpaired) electrons. The van der Waals surface area contributed by atoms with E-state index in [1.165, 1.54) is 0 Å². The first-order valence-electron chi connectivity index (χ1n) is 8.88. The Balaban J connectivity index is 1.38. The van der Waals surface area contributed by atoms with Crippen molar-refractivity contribution in [3.63, 3.8) is 0 Å². The summed E-state index contributed by atoms with van der Waals surface area (Å²) < 4.78 is 5.03. The van der Waals surface area contributed by atoms with Crippen molar-refractivity contribution in [3.05, 3.63) is 64.6 Å². The summed E-state index contributed by atoms with van der Waals surface area (Å²) in [6.45, 7) is 1.05. The van der Waals surface area contributed by atoms with Crippen LogP contribution in [0.15, 0.2) is 57.7 Å². The fourth-order valence-corrected chi connectivity index (χ4v) is 3.40. The van der Waals surface area contributed by atoms with Crippen molar-refractivity contribution in [1.29, 1.82) is 0 Å². The molecule has 0 atom stereocenters. The fourth-order valence-electron chi connectivity index (χ4n) is 3.40. The normalized spacial score (nSPS) is 15.0. The third kappa shape index (κ3) is 3.62. The molecule has 2 N–H and O–H groups in total. The second-order valence-corrected chi connectivity index (χ2v) is 6.65. The number of carbonyl (C=O) groups is 2. The molecule has 4 rings (SSSR count). The number of aromatic amines is 1. The number of nitrogens with zero attached hydrogens (tertiary/aromatic N) is 1. The van der Waals surface area contributed by atoms with Gasteiger partial charge in [-0.2, -0.15) is 0 Å². The second-order valence-electron chi connectivity index (χ2n) is 6.65. The van der Waals surface area contributed by atoms with E-state index in [1.807, 2.05) is 30.3 Å². The molecule has 0 saturated carbocycles. The van der Waals surface area contributed by atoms with E-state index in [2.05, 4.69) is 10.3 Å². The molecule has 1 saturated heterocycles. The highest BCUT2D eigenvalue weighted by molar-refractivity contribution is 6.00. The van der Waals surface area contributed by atoms with Gasteiger partial charge < -0.3 is 14.6 Å². The number of hydrogen-bond acceptors (Lipinski definition) is 4. The lowest BCUT2D eigenvalue weighted by atomic mass is 9.89. The topological polar surface area (TPSA) is 95.4 Å². The maximum Gasteiger partial charge on any atom is 0.417 e. The lowest BCUT2D eigenvalue weighted by Crippen LogP contribution is -2.42. The molecule has 2 aromatic carbocycles. The number of para-hydroxylation sites is 1. The molecule has 1 fully saturated rings. The van der Waals surface area contributed by atoms with Crippen LogP contribution in [0.1, 0.15) is 23.2 Å². The number of Topliss-reactive ketones (excluding diaryl/α,β-unsaturated/α-hetero) is 1. The Hall–Kier alpha value is -3.35. The Morgan fingerprint density at radius 2 is 1.81 bits per heavy atom. The van der Waals surface area contributed by atoms with Crippen molar-refractivity contribution in [1.82, 2.24) is 9.88 Å². The van der Waals surface area contributed by atoms with Gasteiger partial charge in [-0.25, -0.2) is 9.59 Å². The summed E-state index contributed by atoms with van der Waals surface area (Å²) in [6, 6.07) is 14.1. The SMILES string of the molecule is O=C(c1ccc2[nH]c(=O)oc2c1)C1CCN(C(=O)Nc2ccccc2)CC1. The number of H-pyrrole nitrogens is 1. The number of hydrogen-bond donors (Lipinski definition) is 2.